The van der Waals surface area contributed by atoms with Crippen LogP contribution in [-0.4, -0.2) is 30.3 Å². The zero-order valence-corrected chi connectivity index (χ0v) is 14.7. The fourth-order valence-electron chi connectivity index (χ4n) is 4.34. The number of nitrogens with one attached hydrogen (secondary N) is 1. The summed E-state index contributed by atoms with van der Waals surface area (Å²) >= 11 is 0. The third kappa shape index (κ3) is 4.19. The van der Waals surface area contributed by atoms with Crippen molar-refractivity contribution in [2.45, 2.75) is 38.3 Å². The third-order valence-electron chi connectivity index (χ3n) is 5.63. The molecule has 3 rings (SSSR count). The molecule has 1 aromatic rings. The van der Waals surface area contributed by atoms with E-state index in [1.54, 1.807) is 0 Å². The second-order valence-electron chi connectivity index (χ2n) is 7.48. The number of para-hydroxylation sites is 1. The van der Waals surface area contributed by atoms with Crippen molar-refractivity contribution in [1.29, 1.82) is 0 Å². The predicted octanol–water partition coefficient (Wildman–Crippen LogP) is 3.93. The fourth-order valence-corrected chi connectivity index (χ4v) is 4.34. The first-order valence-corrected chi connectivity index (χ1v) is 8.94. The molecule has 2 fully saturated rings. The second kappa shape index (κ2) is 7.29. The zero-order valence-electron chi connectivity index (χ0n) is 14.7. The van der Waals surface area contributed by atoms with Crippen LogP contribution in [0.1, 0.15) is 37.7 Å². The van der Waals surface area contributed by atoms with Crippen LogP contribution >= 0.6 is 0 Å². The largest absolute Gasteiger partial charge is 0.418 e. The maximum Gasteiger partial charge on any atom is 0.418 e. The highest BCUT2D eigenvalue weighted by molar-refractivity contribution is 5.95. The summed E-state index contributed by atoms with van der Waals surface area (Å²) in [7, 11) is 1.52. The first kappa shape index (κ1) is 18.7. The normalized spacial score (nSPS) is 24.5. The summed E-state index contributed by atoms with van der Waals surface area (Å²) in [4.78, 5) is 25.8. The first-order valence-electron chi connectivity index (χ1n) is 8.94. The Hall–Kier alpha value is -2.05. The third-order valence-corrected chi connectivity index (χ3v) is 5.63. The van der Waals surface area contributed by atoms with Crippen LogP contribution in [0.15, 0.2) is 24.3 Å². The lowest BCUT2D eigenvalue weighted by Gasteiger charge is -2.24. The lowest BCUT2D eigenvalue weighted by Crippen LogP contribution is -2.36. The van der Waals surface area contributed by atoms with Crippen molar-refractivity contribution in [2.75, 3.05) is 18.9 Å². The van der Waals surface area contributed by atoms with Crippen LogP contribution in [0.3, 0.4) is 0 Å². The number of benzene rings is 1. The van der Waals surface area contributed by atoms with E-state index < -0.39 is 17.6 Å². The van der Waals surface area contributed by atoms with E-state index in [2.05, 4.69) is 5.32 Å². The van der Waals surface area contributed by atoms with Crippen LogP contribution in [0.25, 0.3) is 0 Å². The maximum atomic E-state index is 13.0. The smallest absolute Gasteiger partial charge is 0.336 e. The Morgan fingerprint density at radius 1 is 1.19 bits per heavy atom. The molecule has 0 saturated heterocycles. The number of hydrogen-bond acceptors (Lipinski definition) is 2. The number of likely N-dealkylation sites (N-methyl/N-ethyl adjacent to an activating group) is 1. The van der Waals surface area contributed by atoms with Gasteiger partial charge < -0.3 is 10.2 Å². The summed E-state index contributed by atoms with van der Waals surface area (Å²) in [5, 5.41) is 2.27. The fraction of sp³-hybridized carbons (Fsp3) is 0.579. The average Bonchev–Trinajstić information content (AvgIpc) is 3.17. The van der Waals surface area contributed by atoms with E-state index in [0.717, 1.165) is 18.4 Å². The molecule has 1 N–H and O–H groups in total. The summed E-state index contributed by atoms with van der Waals surface area (Å²) in [5.41, 5.74) is -1.19. The lowest BCUT2D eigenvalue weighted by molar-refractivity contribution is -0.137. The zero-order chi connectivity index (χ0) is 18.9. The standard InChI is InChI=1S/C19H23F3N2O2/c1-24(18(26)10-14-9-12-6-7-13(14)8-12)11-17(25)23-16-5-3-2-4-15(16)19(20,21)22/h2-5,12-14H,6-11H2,1H3,(H,23,25)/t12-,13+,14+/m0/s1. The van der Waals surface area contributed by atoms with E-state index in [0.29, 0.717) is 18.3 Å². The van der Waals surface area contributed by atoms with Crippen molar-refractivity contribution >= 4 is 17.5 Å². The van der Waals surface area contributed by atoms with E-state index in [-0.39, 0.29) is 18.1 Å². The Morgan fingerprint density at radius 3 is 2.54 bits per heavy atom. The number of carbonyl (C=O) groups is 2. The van der Waals surface area contributed by atoms with Gasteiger partial charge in [-0.2, -0.15) is 13.2 Å². The van der Waals surface area contributed by atoms with Crippen LogP contribution < -0.4 is 5.32 Å². The molecule has 0 aromatic heterocycles. The summed E-state index contributed by atoms with van der Waals surface area (Å²) in [5.74, 6) is 0.986. The average molecular weight is 368 g/mol. The molecule has 2 bridgehead atoms. The lowest BCUT2D eigenvalue weighted by atomic mass is 9.86. The first-order chi connectivity index (χ1) is 12.2. The van der Waals surface area contributed by atoms with Gasteiger partial charge in [0.1, 0.15) is 0 Å². The summed E-state index contributed by atoms with van der Waals surface area (Å²) < 4.78 is 38.9. The molecule has 4 nitrogen and oxygen atoms in total. The molecule has 0 spiro atoms. The molecule has 2 saturated carbocycles. The Balaban J connectivity index is 1.54. The van der Waals surface area contributed by atoms with Gasteiger partial charge in [0.2, 0.25) is 11.8 Å². The molecule has 0 unspecified atom stereocenters. The molecule has 7 heteroatoms. The van der Waals surface area contributed by atoms with Crippen molar-refractivity contribution in [2.24, 2.45) is 17.8 Å². The predicted molar refractivity (Wildman–Crippen MR) is 91.3 cm³/mol. The number of halogens is 3. The minimum absolute atomic E-state index is 0.123. The molecular formula is C19H23F3N2O2. The van der Waals surface area contributed by atoms with Gasteiger partial charge in [0.25, 0.3) is 0 Å². The molecule has 0 radical (unpaired) electrons. The molecule has 2 amide bonds. The summed E-state index contributed by atoms with van der Waals surface area (Å²) in [6.45, 7) is -0.258. The van der Waals surface area contributed by atoms with E-state index in [1.807, 2.05) is 0 Å². The van der Waals surface area contributed by atoms with Crippen LogP contribution in [0, 0.1) is 17.8 Å². The number of amides is 2. The number of carbonyl (C=O) groups excluding carboxylic acids is 2. The Labute approximate surface area is 150 Å². The van der Waals surface area contributed by atoms with Crippen molar-refractivity contribution in [3.8, 4) is 0 Å². The van der Waals surface area contributed by atoms with E-state index >= 15 is 0 Å². The molecule has 3 atom stereocenters. The molecule has 1 aromatic carbocycles. The topological polar surface area (TPSA) is 49.4 Å². The maximum absolute atomic E-state index is 13.0. The van der Waals surface area contributed by atoms with Gasteiger partial charge in [0, 0.05) is 13.5 Å². The number of alkyl halides is 3. The number of hydrogen-bond donors (Lipinski definition) is 1. The van der Waals surface area contributed by atoms with Crippen LogP contribution in [0.2, 0.25) is 0 Å². The van der Waals surface area contributed by atoms with Gasteiger partial charge in [-0.3, -0.25) is 9.59 Å². The van der Waals surface area contributed by atoms with Gasteiger partial charge in [0.05, 0.1) is 17.8 Å². The van der Waals surface area contributed by atoms with Gasteiger partial charge in [-0.25, -0.2) is 0 Å². The Morgan fingerprint density at radius 2 is 1.92 bits per heavy atom. The van der Waals surface area contributed by atoms with E-state index in [1.165, 1.54) is 49.4 Å². The van der Waals surface area contributed by atoms with Crippen molar-refractivity contribution < 1.29 is 22.8 Å². The molecule has 0 heterocycles. The van der Waals surface area contributed by atoms with E-state index in [4.69, 9.17) is 0 Å². The number of rotatable bonds is 5. The molecule has 2 aliphatic rings. The quantitative estimate of drug-likeness (QED) is 0.856. The SMILES string of the molecule is CN(CC(=O)Nc1ccccc1C(F)(F)F)C(=O)C[C@H]1C[C@H]2CC[C@@H]1C2. The van der Waals surface area contributed by atoms with Gasteiger partial charge in [-0.1, -0.05) is 18.6 Å². The van der Waals surface area contributed by atoms with Crippen LogP contribution in [-0.2, 0) is 15.8 Å². The van der Waals surface area contributed by atoms with Crippen molar-refractivity contribution in [3.05, 3.63) is 29.8 Å². The minimum Gasteiger partial charge on any atom is -0.336 e. The Kier molecular flexibility index (Phi) is 5.25. The summed E-state index contributed by atoms with van der Waals surface area (Å²) in [6, 6.07) is 4.82. The molecule has 142 valence electrons. The highest BCUT2D eigenvalue weighted by Gasteiger charge is 2.40. The molecule has 0 aliphatic heterocycles. The van der Waals surface area contributed by atoms with Gasteiger partial charge in [0.15, 0.2) is 0 Å². The van der Waals surface area contributed by atoms with Crippen LogP contribution in [0.4, 0.5) is 18.9 Å². The van der Waals surface area contributed by atoms with E-state index in [9.17, 15) is 22.8 Å². The van der Waals surface area contributed by atoms with Crippen molar-refractivity contribution in [3.63, 3.8) is 0 Å². The van der Waals surface area contributed by atoms with Crippen LogP contribution in [0.5, 0.6) is 0 Å². The van der Waals surface area contributed by atoms with Gasteiger partial charge >= 0.3 is 6.18 Å². The Bertz CT molecular complexity index is 690. The number of nitrogens with zero attached hydrogens (tertiary/aromatic N) is 1. The monoisotopic (exact) mass is 368 g/mol. The molecular weight excluding hydrogens is 345 g/mol. The second-order valence-corrected chi connectivity index (χ2v) is 7.48. The van der Waals surface area contributed by atoms with Crippen molar-refractivity contribution in [1.82, 2.24) is 4.90 Å². The van der Waals surface area contributed by atoms with Gasteiger partial charge in [-0.05, 0) is 49.1 Å². The highest BCUT2D eigenvalue weighted by Crippen LogP contribution is 2.49. The summed E-state index contributed by atoms with van der Waals surface area (Å²) in [6.07, 6.45) is 0.594. The van der Waals surface area contributed by atoms with Gasteiger partial charge in [-0.15, -0.1) is 0 Å². The molecule has 26 heavy (non-hydrogen) atoms. The molecule has 2 aliphatic carbocycles. The highest BCUT2D eigenvalue weighted by atomic mass is 19.4. The number of fused-ring (bicyclic) bond motifs is 2. The minimum atomic E-state index is -4.55. The number of anilines is 1.